The van der Waals surface area contributed by atoms with Crippen molar-refractivity contribution in [1.82, 2.24) is 20.3 Å². The molecule has 2 heterocycles. The molecule has 2 aromatic heterocycles. The molecule has 7 heteroatoms. The molecule has 0 aliphatic rings. The van der Waals surface area contributed by atoms with E-state index in [2.05, 4.69) is 20.3 Å². The molecule has 2 aromatic rings. The zero-order chi connectivity index (χ0) is 14.5. The Morgan fingerprint density at radius 2 is 2.20 bits per heavy atom. The van der Waals surface area contributed by atoms with Crippen molar-refractivity contribution < 1.29 is 4.79 Å². The molecule has 20 heavy (non-hydrogen) atoms. The summed E-state index contributed by atoms with van der Waals surface area (Å²) in [6, 6.07) is 4.42. The maximum atomic E-state index is 11.8. The molecule has 0 saturated carbocycles. The van der Waals surface area contributed by atoms with Gasteiger partial charge in [0, 0.05) is 30.9 Å². The van der Waals surface area contributed by atoms with Crippen molar-refractivity contribution in [3.8, 4) is 0 Å². The van der Waals surface area contributed by atoms with Crippen molar-refractivity contribution in [2.45, 2.75) is 13.3 Å². The average molecular weight is 274 g/mol. The summed E-state index contributed by atoms with van der Waals surface area (Å²) in [4.78, 5) is 43.6. The van der Waals surface area contributed by atoms with Crippen LogP contribution in [0.2, 0.25) is 0 Å². The van der Waals surface area contributed by atoms with Crippen molar-refractivity contribution in [1.29, 1.82) is 0 Å². The van der Waals surface area contributed by atoms with Crippen LogP contribution in [0.15, 0.2) is 34.0 Å². The molecule has 0 fully saturated rings. The number of rotatable bonds is 4. The Morgan fingerprint density at radius 3 is 2.90 bits per heavy atom. The number of hydrogen-bond acceptors (Lipinski definition) is 4. The van der Waals surface area contributed by atoms with Gasteiger partial charge in [-0.15, -0.1) is 0 Å². The Morgan fingerprint density at radius 1 is 1.40 bits per heavy atom. The van der Waals surface area contributed by atoms with E-state index in [4.69, 9.17) is 0 Å². The molecule has 2 rings (SSSR count). The minimum Gasteiger partial charge on any atom is -0.351 e. The summed E-state index contributed by atoms with van der Waals surface area (Å²) >= 11 is 0. The Kier molecular flexibility index (Phi) is 4.09. The SMILES string of the molecule is Cc1cc(=O)[nH]c(CCNC(=O)c2ccc[nH]c2=O)n1. The summed E-state index contributed by atoms with van der Waals surface area (Å²) in [6.45, 7) is 2.00. The lowest BCUT2D eigenvalue weighted by Crippen LogP contribution is -2.31. The summed E-state index contributed by atoms with van der Waals surface area (Å²) < 4.78 is 0. The predicted octanol–water partition coefficient (Wildman–Crippen LogP) is -0.261. The highest BCUT2D eigenvalue weighted by atomic mass is 16.2. The van der Waals surface area contributed by atoms with Crippen LogP contribution in [0.4, 0.5) is 0 Å². The zero-order valence-corrected chi connectivity index (χ0v) is 10.9. The van der Waals surface area contributed by atoms with E-state index in [1.54, 1.807) is 13.0 Å². The maximum absolute atomic E-state index is 11.8. The van der Waals surface area contributed by atoms with Gasteiger partial charge in [-0.05, 0) is 19.1 Å². The molecule has 0 unspecified atom stereocenters. The second-order valence-electron chi connectivity index (χ2n) is 4.25. The van der Waals surface area contributed by atoms with Gasteiger partial charge in [0.2, 0.25) is 0 Å². The molecular weight excluding hydrogens is 260 g/mol. The molecule has 0 bridgehead atoms. The van der Waals surface area contributed by atoms with Gasteiger partial charge in [-0.3, -0.25) is 14.4 Å². The van der Waals surface area contributed by atoms with Gasteiger partial charge < -0.3 is 15.3 Å². The van der Waals surface area contributed by atoms with Crippen molar-refractivity contribution in [2.75, 3.05) is 6.54 Å². The molecule has 0 aliphatic heterocycles. The van der Waals surface area contributed by atoms with E-state index in [-0.39, 0.29) is 17.7 Å². The van der Waals surface area contributed by atoms with Crippen LogP contribution in [0.1, 0.15) is 21.9 Å². The molecule has 0 saturated heterocycles. The van der Waals surface area contributed by atoms with Gasteiger partial charge in [0.1, 0.15) is 11.4 Å². The summed E-state index contributed by atoms with van der Waals surface area (Å²) in [7, 11) is 0. The number of aromatic amines is 2. The molecule has 0 radical (unpaired) electrons. The highest BCUT2D eigenvalue weighted by Crippen LogP contribution is 1.92. The standard InChI is InChI=1S/C13H14N4O3/c1-8-7-11(18)17-10(16-8)4-6-15-13(20)9-3-2-5-14-12(9)19/h2-3,5,7H,4,6H2,1H3,(H,14,19)(H,15,20)(H,16,17,18). The fourth-order valence-corrected chi connectivity index (χ4v) is 1.75. The Balaban J connectivity index is 1.96. The van der Waals surface area contributed by atoms with E-state index in [0.717, 1.165) is 0 Å². The quantitative estimate of drug-likeness (QED) is 0.713. The largest absolute Gasteiger partial charge is 0.351 e. The van der Waals surface area contributed by atoms with Gasteiger partial charge >= 0.3 is 0 Å². The Bertz CT molecular complexity index is 733. The number of carbonyl (C=O) groups is 1. The highest BCUT2D eigenvalue weighted by Gasteiger charge is 2.08. The van der Waals surface area contributed by atoms with E-state index in [0.29, 0.717) is 17.9 Å². The van der Waals surface area contributed by atoms with Crippen LogP contribution >= 0.6 is 0 Å². The number of aromatic nitrogens is 3. The van der Waals surface area contributed by atoms with Gasteiger partial charge in [-0.25, -0.2) is 4.98 Å². The van der Waals surface area contributed by atoms with E-state index < -0.39 is 11.5 Å². The van der Waals surface area contributed by atoms with E-state index >= 15 is 0 Å². The van der Waals surface area contributed by atoms with Crippen molar-refractivity contribution in [3.05, 3.63) is 62.2 Å². The second-order valence-corrected chi connectivity index (χ2v) is 4.25. The molecule has 0 atom stereocenters. The maximum Gasteiger partial charge on any atom is 0.260 e. The van der Waals surface area contributed by atoms with E-state index in [1.165, 1.54) is 18.3 Å². The molecule has 0 aliphatic carbocycles. The molecule has 1 amide bonds. The number of aryl methyl sites for hydroxylation is 1. The van der Waals surface area contributed by atoms with Gasteiger partial charge in [-0.2, -0.15) is 0 Å². The lowest BCUT2D eigenvalue weighted by Gasteiger charge is -2.04. The number of amides is 1. The van der Waals surface area contributed by atoms with Crippen LogP contribution in [0, 0.1) is 6.92 Å². The number of H-pyrrole nitrogens is 2. The fourth-order valence-electron chi connectivity index (χ4n) is 1.75. The van der Waals surface area contributed by atoms with E-state index in [9.17, 15) is 14.4 Å². The first kappa shape index (κ1) is 13.7. The lowest BCUT2D eigenvalue weighted by molar-refractivity contribution is 0.0952. The number of hydrogen-bond donors (Lipinski definition) is 3. The first-order valence-corrected chi connectivity index (χ1v) is 6.09. The van der Waals surface area contributed by atoms with Crippen LogP contribution in [-0.4, -0.2) is 27.4 Å². The number of pyridine rings is 1. The first-order valence-electron chi connectivity index (χ1n) is 6.09. The zero-order valence-electron chi connectivity index (χ0n) is 10.9. The normalized spacial score (nSPS) is 10.2. The summed E-state index contributed by atoms with van der Waals surface area (Å²) in [5.74, 6) is 0.0409. The van der Waals surface area contributed by atoms with Crippen molar-refractivity contribution >= 4 is 5.91 Å². The Labute approximate surface area is 114 Å². The molecular formula is C13H14N4O3. The van der Waals surface area contributed by atoms with Crippen LogP contribution in [0.25, 0.3) is 0 Å². The molecule has 0 spiro atoms. The molecule has 0 aromatic carbocycles. The third-order valence-corrected chi connectivity index (χ3v) is 2.63. The monoisotopic (exact) mass is 274 g/mol. The van der Waals surface area contributed by atoms with E-state index in [1.807, 2.05) is 0 Å². The van der Waals surface area contributed by atoms with Gasteiger partial charge in [0.05, 0.1) is 0 Å². The topological polar surface area (TPSA) is 108 Å². The highest BCUT2D eigenvalue weighted by molar-refractivity contribution is 5.93. The predicted molar refractivity (Wildman–Crippen MR) is 72.7 cm³/mol. The third-order valence-electron chi connectivity index (χ3n) is 2.63. The smallest absolute Gasteiger partial charge is 0.260 e. The van der Waals surface area contributed by atoms with Crippen LogP contribution in [0.3, 0.4) is 0 Å². The molecule has 3 N–H and O–H groups in total. The molecule has 104 valence electrons. The number of carbonyl (C=O) groups excluding carboxylic acids is 1. The number of nitrogens with one attached hydrogen (secondary N) is 3. The van der Waals surface area contributed by atoms with Crippen molar-refractivity contribution in [2.24, 2.45) is 0 Å². The number of nitrogens with zero attached hydrogens (tertiary/aromatic N) is 1. The van der Waals surface area contributed by atoms with Crippen molar-refractivity contribution in [3.63, 3.8) is 0 Å². The van der Waals surface area contributed by atoms with Gasteiger partial charge in [-0.1, -0.05) is 0 Å². The van der Waals surface area contributed by atoms with Gasteiger partial charge in [0.25, 0.3) is 17.0 Å². The van der Waals surface area contributed by atoms with Crippen LogP contribution in [0.5, 0.6) is 0 Å². The second kappa shape index (κ2) is 5.96. The fraction of sp³-hybridized carbons (Fsp3) is 0.231. The minimum absolute atomic E-state index is 0.0539. The van der Waals surface area contributed by atoms with Crippen LogP contribution in [-0.2, 0) is 6.42 Å². The molecule has 7 nitrogen and oxygen atoms in total. The summed E-state index contributed by atoms with van der Waals surface area (Å²) in [5.41, 5.74) is 0.0122. The summed E-state index contributed by atoms with van der Waals surface area (Å²) in [6.07, 6.45) is 1.84. The van der Waals surface area contributed by atoms with Crippen LogP contribution < -0.4 is 16.4 Å². The summed E-state index contributed by atoms with van der Waals surface area (Å²) in [5, 5.41) is 2.61. The lowest BCUT2D eigenvalue weighted by atomic mass is 10.2. The average Bonchev–Trinajstić information content (AvgIpc) is 2.38. The first-order chi connectivity index (χ1) is 9.56. The minimum atomic E-state index is -0.457. The van der Waals surface area contributed by atoms with Gasteiger partial charge in [0.15, 0.2) is 0 Å². The third kappa shape index (κ3) is 3.41. The Hall–Kier alpha value is -2.70.